The van der Waals surface area contributed by atoms with Gasteiger partial charge in [-0.2, -0.15) is 0 Å². The molecule has 0 spiro atoms. The summed E-state index contributed by atoms with van der Waals surface area (Å²) in [5.41, 5.74) is 5.32. The van der Waals surface area contributed by atoms with Crippen molar-refractivity contribution in [2.45, 2.75) is 22.3 Å². The number of nitro benzene ring substituents is 1. The van der Waals surface area contributed by atoms with Crippen molar-refractivity contribution in [1.29, 1.82) is 0 Å². The molecule has 3 aromatic rings. The van der Waals surface area contributed by atoms with Crippen LogP contribution in [-0.2, 0) is 0 Å². The number of nitro groups is 1. The zero-order chi connectivity index (χ0) is 23.8. The van der Waals surface area contributed by atoms with Crippen LogP contribution >= 0.6 is 23.5 Å². The zero-order valence-corrected chi connectivity index (χ0v) is 20.2. The smallest absolute Gasteiger partial charge is 0.258 e. The maximum absolute atomic E-state index is 11.1. The van der Waals surface area contributed by atoms with E-state index in [1.165, 1.54) is 25.2 Å². The molecule has 5 nitrogen and oxygen atoms in total. The molecule has 0 bridgehead atoms. The minimum atomic E-state index is -0.377. The van der Waals surface area contributed by atoms with Crippen LogP contribution in [0.25, 0.3) is 0 Å². The lowest BCUT2D eigenvalue weighted by molar-refractivity contribution is -0.566. The highest BCUT2D eigenvalue weighted by atomic mass is 32.2. The summed E-state index contributed by atoms with van der Waals surface area (Å²) in [7, 11) is 0. The van der Waals surface area contributed by atoms with Crippen molar-refractivity contribution in [2.24, 2.45) is 5.10 Å². The first-order valence-electron chi connectivity index (χ1n) is 11.2. The third kappa shape index (κ3) is 4.29. The largest absolute Gasteiger partial charge is 0.269 e. The molecule has 0 saturated carbocycles. The molecule has 2 aliphatic heterocycles. The molecule has 3 aromatic carbocycles. The highest BCUT2D eigenvalue weighted by Gasteiger charge is 2.36. The summed E-state index contributed by atoms with van der Waals surface area (Å²) in [5, 5.41) is 16.0. The van der Waals surface area contributed by atoms with Gasteiger partial charge >= 0.3 is 0 Å². The van der Waals surface area contributed by atoms with Gasteiger partial charge < -0.3 is 0 Å². The molecule has 0 amide bonds. The van der Waals surface area contributed by atoms with Gasteiger partial charge in [0.1, 0.15) is 5.71 Å². The van der Waals surface area contributed by atoms with Crippen LogP contribution in [-0.4, -0.2) is 21.0 Å². The normalized spacial score (nSPS) is 18.7. The minimum Gasteiger partial charge on any atom is -0.258 e. The number of thioether (sulfide) groups is 2. The average molecular weight is 495 g/mol. The highest BCUT2D eigenvalue weighted by molar-refractivity contribution is 8.24. The Morgan fingerprint density at radius 3 is 2.09 bits per heavy atom. The summed E-state index contributed by atoms with van der Waals surface area (Å²) < 4.78 is 3.36. The molecule has 1 aliphatic carbocycles. The van der Waals surface area contributed by atoms with Crippen LogP contribution in [0, 0.1) is 10.1 Å². The number of allylic oxidation sites excluding steroid dienone is 5. The fourth-order valence-electron chi connectivity index (χ4n) is 4.34. The average Bonchev–Trinajstić information content (AvgIpc) is 3.55. The fraction of sp³-hybridized carbons (Fsp3) is 0.0714. The van der Waals surface area contributed by atoms with Gasteiger partial charge in [0.05, 0.1) is 15.6 Å². The minimum absolute atomic E-state index is 0.0550. The molecule has 6 rings (SSSR count). The maximum Gasteiger partial charge on any atom is 0.269 e. The van der Waals surface area contributed by atoms with E-state index in [4.69, 9.17) is 5.10 Å². The second-order valence-corrected chi connectivity index (χ2v) is 10.7. The second-order valence-electron chi connectivity index (χ2n) is 8.31. The van der Waals surface area contributed by atoms with Crippen molar-refractivity contribution in [2.75, 3.05) is 0 Å². The molecule has 0 fully saturated rings. The van der Waals surface area contributed by atoms with Gasteiger partial charge in [-0.3, -0.25) is 10.1 Å². The zero-order valence-electron chi connectivity index (χ0n) is 18.6. The van der Waals surface area contributed by atoms with Gasteiger partial charge in [-0.25, -0.2) is 0 Å². The number of hydrogen-bond donors (Lipinski definition) is 0. The summed E-state index contributed by atoms with van der Waals surface area (Å²) >= 11 is 3.63. The lowest BCUT2D eigenvalue weighted by Gasteiger charge is -2.09. The quantitative estimate of drug-likeness (QED) is 0.221. The van der Waals surface area contributed by atoms with E-state index in [-0.39, 0.29) is 16.7 Å². The molecule has 7 heteroatoms. The molecule has 0 radical (unpaired) electrons. The first-order valence-corrected chi connectivity index (χ1v) is 12.9. The monoisotopic (exact) mass is 494 g/mol. The molecule has 170 valence electrons. The Morgan fingerprint density at radius 1 is 0.829 bits per heavy atom. The van der Waals surface area contributed by atoms with Crippen LogP contribution in [0.4, 0.5) is 5.69 Å². The standard InChI is InChI=1S/C28H20N3O2S2/c32-31(33)23-16-10-19(11-17-23)24-18-25(20-6-2-1-3-7-20)30(29-24)22-14-12-21(13-15-22)28-34-26-8-4-5-9-27(26)35-28/h1-17,25H,18H2/q+1/t25-/m0/s1. The van der Waals surface area contributed by atoms with Crippen LogP contribution in [0.2, 0.25) is 0 Å². The van der Waals surface area contributed by atoms with Gasteiger partial charge in [-0.15, -0.1) is 0 Å². The molecular weight excluding hydrogens is 474 g/mol. The van der Waals surface area contributed by atoms with Crippen molar-refractivity contribution in [3.8, 4) is 0 Å². The molecule has 0 aromatic heterocycles. The van der Waals surface area contributed by atoms with Crippen molar-refractivity contribution in [1.82, 2.24) is 0 Å². The molecular formula is C28H20N3O2S2+. The van der Waals surface area contributed by atoms with E-state index in [1.54, 1.807) is 24.3 Å². The lowest BCUT2D eigenvalue weighted by atomic mass is 9.98. The second kappa shape index (κ2) is 9.17. The van der Waals surface area contributed by atoms with Crippen molar-refractivity contribution in [3.63, 3.8) is 0 Å². The third-order valence-corrected chi connectivity index (χ3v) is 8.75. The van der Waals surface area contributed by atoms with E-state index >= 15 is 0 Å². The molecule has 0 unspecified atom stereocenters. The van der Waals surface area contributed by atoms with Gasteiger partial charge in [-0.05, 0) is 47.1 Å². The van der Waals surface area contributed by atoms with Crippen LogP contribution in [0.15, 0.2) is 128 Å². The Balaban J connectivity index is 1.35. The van der Waals surface area contributed by atoms with Crippen LogP contribution < -0.4 is 0 Å². The molecule has 2 heterocycles. The predicted molar refractivity (Wildman–Crippen MR) is 142 cm³/mol. The van der Waals surface area contributed by atoms with E-state index in [0.29, 0.717) is 0 Å². The van der Waals surface area contributed by atoms with E-state index in [9.17, 15) is 10.1 Å². The fourth-order valence-corrected chi connectivity index (χ4v) is 6.83. The Labute approximate surface area is 211 Å². The van der Waals surface area contributed by atoms with Gasteiger partial charge in [0.25, 0.3) is 5.69 Å². The van der Waals surface area contributed by atoms with Gasteiger partial charge in [0.2, 0.25) is 11.8 Å². The van der Waals surface area contributed by atoms with Crippen molar-refractivity contribution in [3.05, 3.63) is 134 Å². The summed E-state index contributed by atoms with van der Waals surface area (Å²) in [6, 6.07) is 25.5. The number of hydrogen-bond acceptors (Lipinski definition) is 5. The third-order valence-electron chi connectivity index (χ3n) is 6.13. The maximum atomic E-state index is 11.1. The highest BCUT2D eigenvalue weighted by Crippen LogP contribution is 2.52. The van der Waals surface area contributed by atoms with E-state index < -0.39 is 0 Å². The Hall–Kier alpha value is -3.68. The van der Waals surface area contributed by atoms with Crippen molar-refractivity contribution >= 4 is 40.6 Å². The van der Waals surface area contributed by atoms with Gasteiger partial charge in [-0.1, -0.05) is 70.7 Å². The Morgan fingerprint density at radius 2 is 1.46 bits per heavy atom. The number of benzene rings is 3. The van der Waals surface area contributed by atoms with Crippen LogP contribution in [0.1, 0.15) is 23.6 Å². The number of rotatable bonds is 3. The number of fused-ring (bicyclic) bond motifs is 1. The van der Waals surface area contributed by atoms with Crippen LogP contribution in [0.5, 0.6) is 0 Å². The number of hydrazone groups is 1. The van der Waals surface area contributed by atoms with E-state index in [0.717, 1.165) is 23.4 Å². The molecule has 3 aliphatic rings. The molecule has 1 atom stereocenters. The summed E-state index contributed by atoms with van der Waals surface area (Å²) in [6.07, 6.45) is 9.31. The lowest BCUT2D eigenvalue weighted by Crippen LogP contribution is -2.16. The molecule has 0 N–H and O–H groups in total. The van der Waals surface area contributed by atoms with E-state index in [2.05, 4.69) is 65.4 Å². The summed E-state index contributed by atoms with van der Waals surface area (Å²) in [5.74, 6) is 0. The van der Waals surface area contributed by atoms with Gasteiger partial charge in [0.15, 0.2) is 0 Å². The summed E-state index contributed by atoms with van der Waals surface area (Å²) in [4.78, 5) is 13.3. The van der Waals surface area contributed by atoms with E-state index in [1.807, 2.05) is 41.7 Å². The number of non-ortho nitro benzene ring substituents is 1. The first-order chi connectivity index (χ1) is 17.2. The predicted octanol–water partition coefficient (Wildman–Crippen LogP) is 7.13. The summed E-state index contributed by atoms with van der Waals surface area (Å²) in [6.45, 7) is 0. The Kier molecular flexibility index (Phi) is 5.72. The SMILES string of the molecule is O=[N+]([O-])c1ccc(C2=N[N+](=C3C=CC(=C4Sc5ccccc5S4)C=C3)[C@H](c3ccccc3)C2)cc1. The first kappa shape index (κ1) is 21.8. The molecule has 0 saturated heterocycles. The van der Waals surface area contributed by atoms with Gasteiger partial charge in [0, 0.05) is 45.2 Å². The molecule has 35 heavy (non-hydrogen) atoms. The Bertz CT molecular complexity index is 1440. The van der Waals surface area contributed by atoms with Crippen molar-refractivity contribution < 1.29 is 9.61 Å². The van der Waals surface area contributed by atoms with Crippen LogP contribution in [0.3, 0.4) is 0 Å². The number of nitrogens with zero attached hydrogens (tertiary/aromatic N) is 3. The topological polar surface area (TPSA) is 58.5 Å².